The topological polar surface area (TPSA) is 55.6 Å². The first kappa shape index (κ1) is 13.1. The van der Waals surface area contributed by atoms with E-state index in [9.17, 15) is 4.79 Å². The second-order valence-corrected chi connectivity index (χ2v) is 4.76. The molecule has 4 heteroatoms. The standard InChI is InChI=1S/C14H20N2O2/c1-18-10-11-2-4-12(5-3-11)14(17)16-8-6-13(15)7-9-16/h2-5,13H,6-10,15H2,1H3. The van der Waals surface area contributed by atoms with Crippen molar-refractivity contribution in [3.63, 3.8) is 0 Å². The summed E-state index contributed by atoms with van der Waals surface area (Å²) in [5.41, 5.74) is 7.66. The van der Waals surface area contributed by atoms with Crippen LogP contribution in [0.5, 0.6) is 0 Å². The molecule has 0 aliphatic carbocycles. The number of likely N-dealkylation sites (tertiary alicyclic amines) is 1. The van der Waals surface area contributed by atoms with Gasteiger partial charge in [-0.05, 0) is 30.5 Å². The number of carbonyl (C=O) groups excluding carboxylic acids is 1. The van der Waals surface area contributed by atoms with Gasteiger partial charge in [-0.25, -0.2) is 0 Å². The third-order valence-electron chi connectivity index (χ3n) is 3.34. The van der Waals surface area contributed by atoms with E-state index in [2.05, 4.69) is 0 Å². The lowest BCUT2D eigenvalue weighted by Crippen LogP contribution is -2.42. The lowest BCUT2D eigenvalue weighted by molar-refractivity contribution is 0.0714. The molecule has 0 radical (unpaired) electrons. The van der Waals surface area contributed by atoms with Gasteiger partial charge in [0.2, 0.25) is 0 Å². The molecule has 1 heterocycles. The Balaban J connectivity index is 2.00. The van der Waals surface area contributed by atoms with Crippen LogP contribution in [0.1, 0.15) is 28.8 Å². The summed E-state index contributed by atoms with van der Waals surface area (Å²) in [6, 6.07) is 7.85. The zero-order valence-electron chi connectivity index (χ0n) is 10.8. The molecule has 2 N–H and O–H groups in total. The van der Waals surface area contributed by atoms with Crippen molar-refractivity contribution in [2.45, 2.75) is 25.5 Å². The van der Waals surface area contributed by atoms with E-state index < -0.39 is 0 Å². The highest BCUT2D eigenvalue weighted by Crippen LogP contribution is 2.13. The molecule has 2 rings (SSSR count). The number of hydrogen-bond donors (Lipinski definition) is 1. The second kappa shape index (κ2) is 5.98. The fraction of sp³-hybridized carbons (Fsp3) is 0.500. The van der Waals surface area contributed by atoms with Crippen LogP contribution in [-0.4, -0.2) is 37.0 Å². The summed E-state index contributed by atoms with van der Waals surface area (Å²) in [5.74, 6) is 0.103. The zero-order chi connectivity index (χ0) is 13.0. The first-order chi connectivity index (χ1) is 8.70. The molecule has 1 fully saturated rings. The highest BCUT2D eigenvalue weighted by molar-refractivity contribution is 5.94. The van der Waals surface area contributed by atoms with Gasteiger partial charge in [-0.1, -0.05) is 12.1 Å². The van der Waals surface area contributed by atoms with Crippen LogP contribution in [0.3, 0.4) is 0 Å². The van der Waals surface area contributed by atoms with E-state index in [4.69, 9.17) is 10.5 Å². The van der Waals surface area contributed by atoms with Crippen molar-refractivity contribution in [2.75, 3.05) is 20.2 Å². The SMILES string of the molecule is COCc1ccc(C(=O)N2CCC(N)CC2)cc1. The average molecular weight is 248 g/mol. The number of amides is 1. The molecule has 18 heavy (non-hydrogen) atoms. The minimum atomic E-state index is 0.103. The predicted molar refractivity (Wildman–Crippen MR) is 70.3 cm³/mol. The number of benzene rings is 1. The van der Waals surface area contributed by atoms with Gasteiger partial charge in [0, 0.05) is 31.8 Å². The summed E-state index contributed by atoms with van der Waals surface area (Å²) in [6.07, 6.45) is 1.79. The van der Waals surface area contributed by atoms with Crippen LogP contribution in [0, 0.1) is 0 Å². The van der Waals surface area contributed by atoms with Gasteiger partial charge < -0.3 is 15.4 Å². The van der Waals surface area contributed by atoms with E-state index in [1.54, 1.807) is 7.11 Å². The van der Waals surface area contributed by atoms with Crippen LogP contribution in [0.15, 0.2) is 24.3 Å². The van der Waals surface area contributed by atoms with Gasteiger partial charge in [0.05, 0.1) is 6.61 Å². The summed E-state index contributed by atoms with van der Waals surface area (Å²) >= 11 is 0. The summed E-state index contributed by atoms with van der Waals surface area (Å²) in [7, 11) is 1.66. The quantitative estimate of drug-likeness (QED) is 0.879. The molecule has 1 saturated heterocycles. The Kier molecular flexibility index (Phi) is 4.33. The first-order valence-electron chi connectivity index (χ1n) is 6.33. The van der Waals surface area contributed by atoms with Gasteiger partial charge in [0.1, 0.15) is 0 Å². The second-order valence-electron chi connectivity index (χ2n) is 4.76. The number of nitrogens with two attached hydrogens (primary N) is 1. The van der Waals surface area contributed by atoms with Crippen molar-refractivity contribution >= 4 is 5.91 Å². The van der Waals surface area contributed by atoms with Gasteiger partial charge in [0.15, 0.2) is 0 Å². The zero-order valence-corrected chi connectivity index (χ0v) is 10.8. The number of carbonyl (C=O) groups is 1. The first-order valence-corrected chi connectivity index (χ1v) is 6.33. The monoisotopic (exact) mass is 248 g/mol. The number of hydrogen-bond acceptors (Lipinski definition) is 3. The van der Waals surface area contributed by atoms with Crippen molar-refractivity contribution in [2.24, 2.45) is 5.73 Å². The smallest absolute Gasteiger partial charge is 0.253 e. The van der Waals surface area contributed by atoms with Crippen LogP contribution >= 0.6 is 0 Å². The van der Waals surface area contributed by atoms with E-state index in [1.807, 2.05) is 29.2 Å². The number of ether oxygens (including phenoxy) is 1. The summed E-state index contributed by atoms with van der Waals surface area (Å²) in [5, 5.41) is 0. The summed E-state index contributed by atoms with van der Waals surface area (Å²) in [6.45, 7) is 2.10. The molecule has 4 nitrogen and oxygen atoms in total. The molecule has 0 saturated carbocycles. The third kappa shape index (κ3) is 3.09. The lowest BCUT2D eigenvalue weighted by atomic mass is 10.0. The maximum Gasteiger partial charge on any atom is 0.253 e. The Hall–Kier alpha value is -1.39. The van der Waals surface area contributed by atoms with Gasteiger partial charge >= 0.3 is 0 Å². The summed E-state index contributed by atoms with van der Waals surface area (Å²) in [4.78, 5) is 14.1. The molecule has 1 aromatic rings. The van der Waals surface area contributed by atoms with Gasteiger partial charge in [0.25, 0.3) is 5.91 Å². The average Bonchev–Trinajstić information content (AvgIpc) is 2.40. The van der Waals surface area contributed by atoms with Crippen molar-refractivity contribution < 1.29 is 9.53 Å². The number of nitrogens with zero attached hydrogens (tertiary/aromatic N) is 1. The molecule has 1 amide bonds. The van der Waals surface area contributed by atoms with Crippen LogP contribution in [0.25, 0.3) is 0 Å². The maximum absolute atomic E-state index is 12.2. The van der Waals surface area contributed by atoms with Gasteiger partial charge in [-0.3, -0.25) is 4.79 Å². The highest BCUT2D eigenvalue weighted by Gasteiger charge is 2.21. The number of rotatable bonds is 3. The highest BCUT2D eigenvalue weighted by atomic mass is 16.5. The molecule has 0 unspecified atom stereocenters. The molecule has 0 aromatic heterocycles. The molecule has 0 atom stereocenters. The Morgan fingerprint density at radius 3 is 2.50 bits per heavy atom. The van der Waals surface area contributed by atoms with Crippen molar-refractivity contribution in [3.05, 3.63) is 35.4 Å². The lowest BCUT2D eigenvalue weighted by Gasteiger charge is -2.30. The summed E-state index contributed by atoms with van der Waals surface area (Å²) < 4.78 is 5.05. The Labute approximate surface area is 108 Å². The van der Waals surface area contributed by atoms with E-state index in [0.717, 1.165) is 37.1 Å². The number of piperidine rings is 1. The van der Waals surface area contributed by atoms with Crippen LogP contribution < -0.4 is 5.73 Å². The molecular weight excluding hydrogens is 228 g/mol. The number of methoxy groups -OCH3 is 1. The minimum absolute atomic E-state index is 0.103. The molecular formula is C14H20N2O2. The largest absolute Gasteiger partial charge is 0.380 e. The molecule has 0 bridgehead atoms. The van der Waals surface area contributed by atoms with Crippen LogP contribution in [0.4, 0.5) is 0 Å². The van der Waals surface area contributed by atoms with E-state index >= 15 is 0 Å². The Bertz CT molecular complexity index is 395. The van der Waals surface area contributed by atoms with E-state index in [1.165, 1.54) is 0 Å². The van der Waals surface area contributed by atoms with Gasteiger partial charge in [-0.15, -0.1) is 0 Å². The molecule has 1 aliphatic heterocycles. The van der Waals surface area contributed by atoms with E-state index in [-0.39, 0.29) is 11.9 Å². The molecule has 1 aromatic carbocycles. The van der Waals surface area contributed by atoms with Gasteiger partial charge in [-0.2, -0.15) is 0 Å². The third-order valence-corrected chi connectivity index (χ3v) is 3.34. The Morgan fingerprint density at radius 1 is 1.33 bits per heavy atom. The van der Waals surface area contributed by atoms with Crippen LogP contribution in [0.2, 0.25) is 0 Å². The fourth-order valence-corrected chi connectivity index (χ4v) is 2.20. The van der Waals surface area contributed by atoms with E-state index in [0.29, 0.717) is 6.61 Å². The minimum Gasteiger partial charge on any atom is -0.380 e. The molecule has 1 aliphatic rings. The maximum atomic E-state index is 12.2. The fourth-order valence-electron chi connectivity index (χ4n) is 2.20. The van der Waals surface area contributed by atoms with Crippen molar-refractivity contribution in [3.8, 4) is 0 Å². The molecule has 0 spiro atoms. The van der Waals surface area contributed by atoms with Crippen LogP contribution in [-0.2, 0) is 11.3 Å². The Morgan fingerprint density at radius 2 is 1.94 bits per heavy atom. The molecule has 98 valence electrons. The van der Waals surface area contributed by atoms with Crippen molar-refractivity contribution in [1.29, 1.82) is 0 Å². The van der Waals surface area contributed by atoms with Crippen molar-refractivity contribution in [1.82, 2.24) is 4.90 Å². The normalized spacial score (nSPS) is 16.9. The predicted octanol–water partition coefficient (Wildman–Crippen LogP) is 1.40.